The monoisotopic (exact) mass is 556 g/mol. The highest BCUT2D eigenvalue weighted by atomic mass is 16.5. The Hall–Kier alpha value is -4.44. The van der Waals surface area contributed by atoms with E-state index in [9.17, 15) is 4.79 Å². The van der Waals surface area contributed by atoms with Crippen LogP contribution in [0.2, 0.25) is 0 Å². The quantitative estimate of drug-likeness (QED) is 0.271. The molecule has 41 heavy (non-hydrogen) atoms. The summed E-state index contributed by atoms with van der Waals surface area (Å²) in [5.74, 6) is 1.69. The van der Waals surface area contributed by atoms with E-state index >= 15 is 0 Å². The minimum Gasteiger partial charge on any atom is -0.493 e. The number of nitrogens with zero attached hydrogens (tertiary/aromatic N) is 4. The van der Waals surface area contributed by atoms with Crippen LogP contribution in [0.3, 0.4) is 0 Å². The lowest BCUT2D eigenvalue weighted by molar-refractivity contribution is -0.117. The first-order valence-corrected chi connectivity index (χ1v) is 13.9. The van der Waals surface area contributed by atoms with E-state index in [1.165, 1.54) is 0 Å². The molecule has 10 nitrogen and oxygen atoms in total. The minimum absolute atomic E-state index is 0.126. The summed E-state index contributed by atoms with van der Waals surface area (Å²) < 4.78 is 16.9. The average Bonchev–Trinajstić information content (AvgIpc) is 3.00. The fourth-order valence-corrected chi connectivity index (χ4v) is 4.85. The molecule has 214 valence electrons. The molecular formula is C31H36N6O4. The number of anilines is 2. The highest BCUT2D eigenvalue weighted by molar-refractivity contribution is 5.99. The van der Waals surface area contributed by atoms with E-state index in [2.05, 4.69) is 22.5 Å². The second-order valence-electron chi connectivity index (χ2n) is 9.94. The molecule has 2 N–H and O–H groups in total. The van der Waals surface area contributed by atoms with E-state index in [0.29, 0.717) is 54.6 Å². The lowest BCUT2D eigenvalue weighted by atomic mass is 10.1. The Labute approximate surface area is 240 Å². The Balaban J connectivity index is 1.57. The first-order valence-electron chi connectivity index (χ1n) is 13.9. The molecule has 1 saturated heterocycles. The average molecular weight is 557 g/mol. The number of unbranched alkanes of at least 4 members (excludes halogenated alkanes) is 1. The molecule has 1 amide bonds. The molecule has 1 fully saturated rings. The Morgan fingerprint density at radius 2 is 1.90 bits per heavy atom. The van der Waals surface area contributed by atoms with Gasteiger partial charge in [0.25, 0.3) is 0 Å². The van der Waals surface area contributed by atoms with Gasteiger partial charge in [-0.15, -0.1) is 0 Å². The summed E-state index contributed by atoms with van der Waals surface area (Å²) in [6, 6.07) is 17.0. The van der Waals surface area contributed by atoms with Crippen LogP contribution < -0.4 is 29.7 Å². The van der Waals surface area contributed by atoms with Gasteiger partial charge in [0, 0.05) is 30.9 Å². The van der Waals surface area contributed by atoms with Gasteiger partial charge in [-0.1, -0.05) is 25.5 Å². The summed E-state index contributed by atoms with van der Waals surface area (Å²) in [7, 11) is 3.21. The number of hydrogen-bond acceptors (Lipinski definition) is 9. The molecule has 0 spiro atoms. The number of methoxy groups -OCH3 is 2. The highest BCUT2D eigenvalue weighted by Gasteiger charge is 2.32. The third-order valence-corrected chi connectivity index (χ3v) is 7.02. The van der Waals surface area contributed by atoms with Gasteiger partial charge in [-0.05, 0) is 61.4 Å². The SMILES string of the molecule is CCCCOc1nc(N2CCNCC2C(=O)Nc2cccc(C)c2)c2nc(-c3ccc(OC)c(OC)c3)ccc2n1. The minimum atomic E-state index is -0.516. The number of carbonyl (C=O) groups is 1. The van der Waals surface area contributed by atoms with Crippen LogP contribution in [-0.2, 0) is 4.79 Å². The number of amides is 1. The Bertz CT molecular complexity index is 1530. The van der Waals surface area contributed by atoms with Crippen molar-refractivity contribution < 1.29 is 19.0 Å². The maximum absolute atomic E-state index is 13.6. The lowest BCUT2D eigenvalue weighted by Gasteiger charge is -2.36. The number of hydrogen-bond donors (Lipinski definition) is 2. The third kappa shape index (κ3) is 6.33. The topological polar surface area (TPSA) is 111 Å². The zero-order chi connectivity index (χ0) is 28.8. The molecule has 3 heterocycles. The molecule has 0 aliphatic carbocycles. The van der Waals surface area contributed by atoms with Crippen molar-refractivity contribution in [3.05, 3.63) is 60.2 Å². The van der Waals surface area contributed by atoms with Gasteiger partial charge < -0.3 is 29.7 Å². The van der Waals surface area contributed by atoms with Crippen LogP contribution in [0.25, 0.3) is 22.3 Å². The number of benzene rings is 2. The summed E-state index contributed by atoms with van der Waals surface area (Å²) in [6.07, 6.45) is 1.89. The molecule has 5 rings (SSSR count). The molecule has 10 heteroatoms. The van der Waals surface area contributed by atoms with Gasteiger partial charge in [0.05, 0.1) is 32.0 Å². The number of nitrogens with one attached hydrogen (secondary N) is 2. The van der Waals surface area contributed by atoms with Gasteiger partial charge in [0.1, 0.15) is 11.6 Å². The zero-order valence-corrected chi connectivity index (χ0v) is 23.9. The molecule has 2 aromatic carbocycles. The van der Waals surface area contributed by atoms with Gasteiger partial charge in [0.2, 0.25) is 5.91 Å². The zero-order valence-electron chi connectivity index (χ0n) is 23.9. The van der Waals surface area contributed by atoms with Crippen molar-refractivity contribution in [1.29, 1.82) is 0 Å². The van der Waals surface area contributed by atoms with Crippen LogP contribution in [0, 0.1) is 6.92 Å². The summed E-state index contributed by atoms with van der Waals surface area (Å²) in [6.45, 7) is 6.34. The van der Waals surface area contributed by atoms with E-state index in [4.69, 9.17) is 24.2 Å². The summed E-state index contributed by atoms with van der Waals surface area (Å²) >= 11 is 0. The van der Waals surface area contributed by atoms with Crippen molar-refractivity contribution in [2.24, 2.45) is 0 Å². The van der Waals surface area contributed by atoms with Crippen molar-refractivity contribution in [2.45, 2.75) is 32.7 Å². The van der Waals surface area contributed by atoms with Crippen molar-refractivity contribution in [3.63, 3.8) is 0 Å². The number of aromatic nitrogens is 3. The Morgan fingerprint density at radius 1 is 1.05 bits per heavy atom. The first kappa shape index (κ1) is 28.1. The van der Waals surface area contributed by atoms with E-state index in [0.717, 1.165) is 35.3 Å². The number of ether oxygens (including phenoxy) is 3. The second-order valence-corrected chi connectivity index (χ2v) is 9.94. The first-order chi connectivity index (χ1) is 20.0. The van der Waals surface area contributed by atoms with Gasteiger partial charge in [-0.2, -0.15) is 9.97 Å². The maximum Gasteiger partial charge on any atom is 0.319 e. The third-order valence-electron chi connectivity index (χ3n) is 7.02. The van der Waals surface area contributed by atoms with Crippen LogP contribution in [0.1, 0.15) is 25.3 Å². The second kappa shape index (κ2) is 12.8. The molecule has 0 saturated carbocycles. The number of carbonyl (C=O) groups excluding carboxylic acids is 1. The predicted molar refractivity (Wildman–Crippen MR) is 160 cm³/mol. The maximum atomic E-state index is 13.6. The summed E-state index contributed by atoms with van der Waals surface area (Å²) in [4.78, 5) is 30.1. The molecule has 1 unspecified atom stereocenters. The number of aryl methyl sites for hydroxylation is 1. The molecule has 1 atom stereocenters. The largest absolute Gasteiger partial charge is 0.493 e. The highest BCUT2D eigenvalue weighted by Crippen LogP contribution is 2.34. The van der Waals surface area contributed by atoms with Gasteiger partial charge in [0.15, 0.2) is 17.3 Å². The molecular weight excluding hydrogens is 520 g/mol. The summed E-state index contributed by atoms with van der Waals surface area (Å²) in [5.41, 5.74) is 4.64. The normalized spacial score (nSPS) is 15.0. The van der Waals surface area contributed by atoms with Crippen LogP contribution in [0.15, 0.2) is 54.6 Å². The van der Waals surface area contributed by atoms with Crippen molar-refractivity contribution in [1.82, 2.24) is 20.3 Å². The van der Waals surface area contributed by atoms with E-state index in [1.807, 2.05) is 66.4 Å². The fraction of sp³-hybridized carbons (Fsp3) is 0.355. The molecule has 2 aromatic heterocycles. The lowest BCUT2D eigenvalue weighted by Crippen LogP contribution is -2.57. The van der Waals surface area contributed by atoms with Gasteiger partial charge in [-0.25, -0.2) is 4.98 Å². The smallest absolute Gasteiger partial charge is 0.319 e. The molecule has 1 aliphatic rings. The van der Waals surface area contributed by atoms with Gasteiger partial charge >= 0.3 is 6.01 Å². The van der Waals surface area contributed by atoms with Crippen molar-refractivity contribution >= 4 is 28.4 Å². The van der Waals surface area contributed by atoms with Crippen LogP contribution in [0.4, 0.5) is 11.5 Å². The van der Waals surface area contributed by atoms with Gasteiger partial charge in [-0.3, -0.25) is 4.79 Å². The molecule has 4 aromatic rings. The molecule has 1 aliphatic heterocycles. The number of pyridine rings is 1. The Kier molecular flexibility index (Phi) is 8.79. The standard InChI is InChI=1S/C31H36N6O4/c1-5-6-16-41-31-35-24-12-11-23(21-10-13-26(39-3)27(18-21)40-4)34-28(24)29(36-31)37-15-14-32-19-25(37)30(38)33-22-9-7-8-20(2)17-22/h7-13,17-18,25,32H,5-6,14-16,19H2,1-4H3,(H,33,38). The Morgan fingerprint density at radius 3 is 2.68 bits per heavy atom. The van der Waals surface area contributed by atoms with Crippen molar-refractivity contribution in [2.75, 3.05) is 50.7 Å². The number of rotatable bonds is 10. The predicted octanol–water partition coefficient (Wildman–Crippen LogP) is 4.61. The number of fused-ring (bicyclic) bond motifs is 1. The molecule has 0 bridgehead atoms. The van der Waals surface area contributed by atoms with Crippen LogP contribution in [0.5, 0.6) is 17.5 Å². The van der Waals surface area contributed by atoms with Crippen molar-refractivity contribution in [3.8, 4) is 28.8 Å². The van der Waals surface area contributed by atoms with Crippen LogP contribution >= 0.6 is 0 Å². The van der Waals surface area contributed by atoms with E-state index in [-0.39, 0.29) is 11.9 Å². The molecule has 0 radical (unpaired) electrons. The van der Waals surface area contributed by atoms with E-state index < -0.39 is 6.04 Å². The van der Waals surface area contributed by atoms with Crippen LogP contribution in [-0.4, -0.2) is 67.4 Å². The number of piperazine rings is 1. The fourth-order valence-electron chi connectivity index (χ4n) is 4.85. The van der Waals surface area contributed by atoms with E-state index in [1.54, 1.807) is 14.2 Å². The summed E-state index contributed by atoms with van der Waals surface area (Å²) in [5, 5.41) is 6.43.